The summed E-state index contributed by atoms with van der Waals surface area (Å²) in [7, 11) is -6.41. The summed E-state index contributed by atoms with van der Waals surface area (Å²) in [6.07, 6.45) is -2.52. The Bertz CT molecular complexity index is 1870. The van der Waals surface area contributed by atoms with E-state index in [2.05, 4.69) is 16.0 Å². The van der Waals surface area contributed by atoms with Gasteiger partial charge in [0.1, 0.15) is 16.4 Å². The van der Waals surface area contributed by atoms with E-state index in [1.807, 2.05) is 0 Å². The van der Waals surface area contributed by atoms with Crippen LogP contribution in [0, 0.1) is 0 Å². The van der Waals surface area contributed by atoms with Crippen molar-refractivity contribution in [2.24, 2.45) is 0 Å². The highest BCUT2D eigenvalue weighted by Gasteiger charge is 2.31. The van der Waals surface area contributed by atoms with Gasteiger partial charge in [-0.05, 0) is 66.4 Å². The topological polar surface area (TPSA) is 126 Å². The van der Waals surface area contributed by atoms with E-state index in [0.717, 1.165) is 6.26 Å². The fraction of sp³-hybridized carbons (Fsp3) is 0.300. The standard InChI is InChI=1S/C30H31F3N4O5S2/c1-43(39,40)24-11-9-22(10-12-24)36-29(38)34-18-20-5-7-21(8-6-20)28-17-25-26(35-23-13-15-44(41,42)16-14-23)3-2-4-27(25)37(28)19-30(31,32)33/h2-12,17,23,35H,13-16,18-19H2,1H3,(H2,34,36,38). The Kier molecular flexibility index (Phi) is 8.67. The van der Waals surface area contributed by atoms with Crippen LogP contribution in [-0.4, -0.2) is 57.4 Å². The average Bonchev–Trinajstić information content (AvgIpc) is 3.31. The lowest BCUT2D eigenvalue weighted by molar-refractivity contribution is -0.139. The second-order valence-electron chi connectivity index (χ2n) is 10.8. The zero-order valence-electron chi connectivity index (χ0n) is 23.7. The van der Waals surface area contributed by atoms with Crippen molar-refractivity contribution in [1.82, 2.24) is 9.88 Å². The molecule has 0 saturated carbocycles. The lowest BCUT2D eigenvalue weighted by Gasteiger charge is -2.24. The van der Waals surface area contributed by atoms with Crippen LogP contribution < -0.4 is 16.0 Å². The second kappa shape index (κ2) is 12.2. The molecule has 9 nitrogen and oxygen atoms in total. The number of carbonyl (C=O) groups is 1. The van der Waals surface area contributed by atoms with Gasteiger partial charge in [-0.15, -0.1) is 0 Å². The number of aromatic nitrogens is 1. The van der Waals surface area contributed by atoms with E-state index in [-0.39, 0.29) is 29.0 Å². The van der Waals surface area contributed by atoms with Crippen LogP contribution in [0.4, 0.5) is 29.3 Å². The van der Waals surface area contributed by atoms with Gasteiger partial charge in [-0.1, -0.05) is 30.3 Å². The molecular formula is C30H31F3N4O5S2. The molecule has 1 aliphatic rings. The summed E-state index contributed by atoms with van der Waals surface area (Å²) in [5.41, 5.74) is 3.09. The first-order chi connectivity index (χ1) is 20.7. The monoisotopic (exact) mass is 648 g/mol. The van der Waals surface area contributed by atoms with Gasteiger partial charge in [0.15, 0.2) is 9.84 Å². The van der Waals surface area contributed by atoms with Crippen LogP contribution in [0.5, 0.6) is 0 Å². The van der Waals surface area contributed by atoms with Crippen LogP contribution >= 0.6 is 0 Å². The molecule has 14 heteroatoms. The highest BCUT2D eigenvalue weighted by atomic mass is 32.2. The largest absolute Gasteiger partial charge is 0.406 e. The molecule has 0 atom stereocenters. The Morgan fingerprint density at radius 1 is 0.977 bits per heavy atom. The Balaban J connectivity index is 1.32. The van der Waals surface area contributed by atoms with Crippen molar-refractivity contribution in [3.63, 3.8) is 0 Å². The smallest absolute Gasteiger partial charge is 0.382 e. The summed E-state index contributed by atoms with van der Waals surface area (Å²) in [5, 5.41) is 9.27. The first kappa shape index (κ1) is 31.4. The molecule has 0 radical (unpaired) electrons. The van der Waals surface area contributed by atoms with Gasteiger partial charge in [0.05, 0.1) is 21.9 Å². The van der Waals surface area contributed by atoms with Gasteiger partial charge in [-0.3, -0.25) is 0 Å². The number of amides is 2. The number of alkyl halides is 3. The van der Waals surface area contributed by atoms with E-state index in [4.69, 9.17) is 0 Å². The predicted octanol–water partition coefficient (Wildman–Crippen LogP) is 5.58. The normalized spacial score (nSPS) is 15.6. The molecule has 0 aliphatic carbocycles. The van der Waals surface area contributed by atoms with Gasteiger partial charge >= 0.3 is 12.2 Å². The molecule has 3 aromatic carbocycles. The van der Waals surface area contributed by atoms with E-state index in [1.54, 1.807) is 48.5 Å². The molecule has 1 fully saturated rings. The third-order valence-electron chi connectivity index (χ3n) is 7.44. The maximum atomic E-state index is 13.7. The number of anilines is 2. The Labute approximate surface area is 253 Å². The average molecular weight is 649 g/mol. The lowest BCUT2D eigenvalue weighted by atomic mass is 10.1. The number of sulfone groups is 2. The van der Waals surface area contributed by atoms with Crippen LogP contribution in [0.25, 0.3) is 22.2 Å². The molecule has 5 rings (SSSR count). The third kappa shape index (κ3) is 7.72. The maximum Gasteiger partial charge on any atom is 0.406 e. The quantitative estimate of drug-likeness (QED) is 0.229. The number of nitrogens with zero attached hydrogens (tertiary/aromatic N) is 1. The van der Waals surface area contributed by atoms with Gasteiger partial charge in [-0.25, -0.2) is 21.6 Å². The Morgan fingerprint density at radius 3 is 2.25 bits per heavy atom. The van der Waals surface area contributed by atoms with E-state index >= 15 is 0 Å². The third-order valence-corrected chi connectivity index (χ3v) is 10.3. The minimum absolute atomic E-state index is 0.0717. The Morgan fingerprint density at radius 2 is 1.64 bits per heavy atom. The fourth-order valence-electron chi connectivity index (χ4n) is 5.19. The molecule has 1 saturated heterocycles. The lowest BCUT2D eigenvalue weighted by Crippen LogP contribution is -2.32. The van der Waals surface area contributed by atoms with Gasteiger partial charge in [0.2, 0.25) is 0 Å². The Hall–Kier alpha value is -4.04. The van der Waals surface area contributed by atoms with Gasteiger partial charge in [0, 0.05) is 41.3 Å². The van der Waals surface area contributed by atoms with Crippen LogP contribution in [0.3, 0.4) is 0 Å². The first-order valence-electron chi connectivity index (χ1n) is 13.8. The molecule has 3 N–H and O–H groups in total. The zero-order chi connectivity index (χ0) is 31.7. The molecule has 4 aromatic rings. The van der Waals surface area contributed by atoms with Crippen LogP contribution in [0.2, 0.25) is 0 Å². The van der Waals surface area contributed by atoms with Gasteiger partial charge < -0.3 is 20.5 Å². The van der Waals surface area contributed by atoms with Crippen LogP contribution in [0.1, 0.15) is 18.4 Å². The molecule has 0 spiro atoms. The van der Waals surface area contributed by atoms with Crippen molar-refractivity contribution in [3.8, 4) is 11.3 Å². The van der Waals surface area contributed by atoms with Gasteiger partial charge in [-0.2, -0.15) is 13.2 Å². The highest BCUT2D eigenvalue weighted by molar-refractivity contribution is 7.91. The number of carbonyl (C=O) groups excluding carboxylic acids is 1. The molecule has 0 bridgehead atoms. The second-order valence-corrected chi connectivity index (χ2v) is 15.2. The van der Waals surface area contributed by atoms with Crippen molar-refractivity contribution < 1.29 is 34.8 Å². The molecule has 1 aliphatic heterocycles. The maximum absolute atomic E-state index is 13.7. The van der Waals surface area contributed by atoms with E-state index in [9.17, 15) is 34.8 Å². The predicted molar refractivity (Wildman–Crippen MR) is 164 cm³/mol. The number of hydrogen-bond donors (Lipinski definition) is 3. The number of urea groups is 1. The highest BCUT2D eigenvalue weighted by Crippen LogP contribution is 2.36. The van der Waals surface area contributed by atoms with Crippen LogP contribution in [0.15, 0.2) is 77.7 Å². The van der Waals surface area contributed by atoms with E-state index in [0.29, 0.717) is 51.9 Å². The van der Waals surface area contributed by atoms with E-state index < -0.39 is 38.4 Å². The fourth-order valence-corrected chi connectivity index (χ4v) is 7.31. The summed E-state index contributed by atoms with van der Waals surface area (Å²) >= 11 is 0. The summed E-state index contributed by atoms with van der Waals surface area (Å²) in [4.78, 5) is 12.5. The molecule has 2 amide bonds. The minimum atomic E-state index is -4.47. The molecule has 234 valence electrons. The summed E-state index contributed by atoms with van der Waals surface area (Å²) in [6, 6.07) is 18.7. The SMILES string of the molecule is CS(=O)(=O)c1ccc(NC(=O)NCc2ccc(-c3cc4c(NC5CCS(=O)(=O)CC5)cccc4n3CC(F)(F)F)cc2)cc1. The number of halogens is 3. The summed E-state index contributed by atoms with van der Waals surface area (Å²) in [6.45, 7) is -1.05. The molecule has 1 aromatic heterocycles. The molecule has 44 heavy (non-hydrogen) atoms. The molecular weight excluding hydrogens is 617 g/mol. The molecule has 0 unspecified atom stereocenters. The number of rotatable bonds is 8. The minimum Gasteiger partial charge on any atom is -0.382 e. The zero-order valence-corrected chi connectivity index (χ0v) is 25.3. The summed E-state index contributed by atoms with van der Waals surface area (Å²) < 4.78 is 89.2. The van der Waals surface area contributed by atoms with Crippen molar-refractivity contribution in [2.45, 2.75) is 43.0 Å². The number of hydrogen-bond acceptors (Lipinski definition) is 6. The molecule has 2 heterocycles. The van der Waals surface area contributed by atoms with Crippen molar-refractivity contribution >= 4 is 48.0 Å². The van der Waals surface area contributed by atoms with E-state index in [1.165, 1.54) is 28.8 Å². The number of benzene rings is 3. The van der Waals surface area contributed by atoms with Crippen LogP contribution in [-0.2, 0) is 32.8 Å². The number of nitrogens with one attached hydrogen (secondary N) is 3. The van der Waals surface area contributed by atoms with Crippen molar-refractivity contribution in [1.29, 1.82) is 0 Å². The summed E-state index contributed by atoms with van der Waals surface area (Å²) in [5.74, 6) is 0.143. The van der Waals surface area contributed by atoms with Crippen molar-refractivity contribution in [2.75, 3.05) is 28.4 Å². The first-order valence-corrected chi connectivity index (χ1v) is 17.5. The van der Waals surface area contributed by atoms with Crippen molar-refractivity contribution in [3.05, 3.63) is 78.4 Å². The number of fused-ring (bicyclic) bond motifs is 1. The van der Waals surface area contributed by atoms with Gasteiger partial charge in [0.25, 0.3) is 0 Å².